The Hall–Kier alpha value is -3.48. The molecule has 0 spiro atoms. The van der Waals surface area contributed by atoms with Crippen LogP contribution < -0.4 is 11.0 Å². The summed E-state index contributed by atoms with van der Waals surface area (Å²) in [5.74, 6) is -1.72. The van der Waals surface area contributed by atoms with Crippen molar-refractivity contribution in [3.63, 3.8) is 0 Å². The molecule has 0 saturated heterocycles. The molecule has 1 heterocycles. The van der Waals surface area contributed by atoms with E-state index in [1.165, 1.54) is 16.7 Å². The van der Waals surface area contributed by atoms with Crippen LogP contribution in [-0.2, 0) is 6.54 Å². The summed E-state index contributed by atoms with van der Waals surface area (Å²) in [5.41, 5.74) is 2.03. The van der Waals surface area contributed by atoms with Crippen molar-refractivity contribution in [1.82, 2.24) is 9.99 Å². The molecule has 3 aromatic rings. The van der Waals surface area contributed by atoms with Crippen LogP contribution in [0.1, 0.15) is 54.9 Å². The van der Waals surface area contributed by atoms with Crippen molar-refractivity contribution in [2.45, 2.75) is 45.6 Å². The van der Waals surface area contributed by atoms with Crippen molar-refractivity contribution >= 4 is 23.0 Å². The summed E-state index contributed by atoms with van der Waals surface area (Å²) in [4.78, 5) is 25.8. The highest BCUT2D eigenvalue weighted by Gasteiger charge is 2.21. The van der Waals surface area contributed by atoms with Gasteiger partial charge >= 0.3 is 0 Å². The van der Waals surface area contributed by atoms with Crippen LogP contribution in [0.25, 0.3) is 10.9 Å². The highest BCUT2D eigenvalue weighted by Crippen LogP contribution is 2.26. The zero-order valence-electron chi connectivity index (χ0n) is 17.5. The van der Waals surface area contributed by atoms with Gasteiger partial charge in [0, 0.05) is 17.5 Å². The number of rotatable bonds is 9. The van der Waals surface area contributed by atoms with Gasteiger partial charge in [-0.3, -0.25) is 9.59 Å². The molecular weight excluding hydrogens is 397 g/mol. The van der Waals surface area contributed by atoms with Crippen molar-refractivity contribution in [1.29, 1.82) is 0 Å². The number of amides is 1. The number of hydrogen-bond donors (Lipinski definition) is 2. The van der Waals surface area contributed by atoms with Crippen LogP contribution in [0.4, 0.5) is 4.39 Å². The average Bonchev–Trinajstić information content (AvgIpc) is 2.77. The fourth-order valence-corrected chi connectivity index (χ4v) is 3.49. The molecule has 6 nitrogen and oxygen atoms in total. The van der Waals surface area contributed by atoms with Gasteiger partial charge in [0.25, 0.3) is 11.5 Å². The lowest BCUT2D eigenvalue weighted by atomic mass is 10.1. The second-order valence-corrected chi connectivity index (χ2v) is 7.33. The number of unbranched alkanes of at least 4 members (excludes halogenated alkanes) is 4. The molecule has 1 amide bonds. The maximum atomic E-state index is 13.7. The Balaban J connectivity index is 1.89. The van der Waals surface area contributed by atoms with Crippen molar-refractivity contribution in [3.8, 4) is 5.75 Å². The van der Waals surface area contributed by atoms with E-state index in [9.17, 15) is 19.1 Å². The minimum atomic E-state index is -0.847. The van der Waals surface area contributed by atoms with Crippen LogP contribution in [0.3, 0.4) is 0 Å². The number of carbonyl (C=O) groups excluding carboxylic acids is 1. The summed E-state index contributed by atoms with van der Waals surface area (Å²) in [5, 5.41) is 14.8. The molecule has 0 radical (unpaired) electrons. The Morgan fingerprint density at radius 3 is 2.58 bits per heavy atom. The Kier molecular flexibility index (Phi) is 7.54. The van der Waals surface area contributed by atoms with Crippen LogP contribution >= 0.6 is 0 Å². The van der Waals surface area contributed by atoms with E-state index >= 15 is 0 Å². The van der Waals surface area contributed by atoms with Crippen LogP contribution in [-0.4, -0.2) is 21.8 Å². The molecule has 0 unspecified atom stereocenters. The topological polar surface area (TPSA) is 83.7 Å². The van der Waals surface area contributed by atoms with Gasteiger partial charge in [-0.1, -0.05) is 62.9 Å². The fourth-order valence-electron chi connectivity index (χ4n) is 3.49. The van der Waals surface area contributed by atoms with Gasteiger partial charge in [0.1, 0.15) is 17.1 Å². The van der Waals surface area contributed by atoms with E-state index in [1.54, 1.807) is 36.4 Å². The minimum Gasteiger partial charge on any atom is -0.506 e. The van der Waals surface area contributed by atoms with Gasteiger partial charge in [-0.05, 0) is 24.6 Å². The number of halogens is 1. The quantitative estimate of drug-likeness (QED) is 0.300. The number of fused-ring (bicyclic) bond motifs is 1. The van der Waals surface area contributed by atoms with Gasteiger partial charge in [0.15, 0.2) is 0 Å². The number of nitrogens with one attached hydrogen (secondary N) is 1. The molecule has 2 aromatic carbocycles. The molecule has 162 valence electrons. The first kappa shape index (κ1) is 22.2. The second-order valence-electron chi connectivity index (χ2n) is 7.33. The van der Waals surface area contributed by atoms with Gasteiger partial charge in [-0.2, -0.15) is 5.10 Å². The molecule has 1 aromatic heterocycles. The lowest BCUT2D eigenvalue weighted by Crippen LogP contribution is -2.31. The summed E-state index contributed by atoms with van der Waals surface area (Å²) in [7, 11) is 0. The third-order valence-corrected chi connectivity index (χ3v) is 5.13. The third-order valence-electron chi connectivity index (χ3n) is 5.13. The van der Waals surface area contributed by atoms with Gasteiger partial charge in [0.05, 0.1) is 11.7 Å². The maximum Gasteiger partial charge on any atom is 0.280 e. The van der Waals surface area contributed by atoms with E-state index in [2.05, 4.69) is 17.5 Å². The maximum absolute atomic E-state index is 13.7. The first-order valence-electron chi connectivity index (χ1n) is 10.5. The van der Waals surface area contributed by atoms with E-state index in [0.717, 1.165) is 38.3 Å². The van der Waals surface area contributed by atoms with E-state index in [4.69, 9.17) is 0 Å². The van der Waals surface area contributed by atoms with Crippen molar-refractivity contribution < 1.29 is 14.3 Å². The van der Waals surface area contributed by atoms with Crippen LogP contribution in [0.2, 0.25) is 0 Å². The standard InChI is InChI=1S/C24H26FN3O3/c1-2-3-4-5-10-15-28-20-14-9-7-12-18(20)22(29)21(24(28)31)23(30)27-26-16-17-11-6-8-13-19(17)25/h6-9,11-14,16,29H,2-5,10,15H2,1H3,(H,27,30). The van der Waals surface area contributed by atoms with Crippen molar-refractivity contribution in [2.24, 2.45) is 5.10 Å². The first-order valence-corrected chi connectivity index (χ1v) is 10.5. The number of hydrazone groups is 1. The minimum absolute atomic E-state index is 0.190. The predicted molar refractivity (Wildman–Crippen MR) is 120 cm³/mol. The van der Waals surface area contributed by atoms with E-state index in [-0.39, 0.29) is 16.9 Å². The van der Waals surface area contributed by atoms with Crippen LogP contribution in [0.5, 0.6) is 5.75 Å². The molecule has 0 fully saturated rings. The molecule has 0 aliphatic rings. The highest BCUT2D eigenvalue weighted by atomic mass is 19.1. The third kappa shape index (κ3) is 5.17. The Morgan fingerprint density at radius 1 is 1.10 bits per heavy atom. The molecule has 0 saturated carbocycles. The fraction of sp³-hybridized carbons (Fsp3) is 0.292. The number of aromatic nitrogens is 1. The Morgan fingerprint density at radius 2 is 1.81 bits per heavy atom. The molecule has 0 bridgehead atoms. The number of carbonyl (C=O) groups is 1. The zero-order valence-corrected chi connectivity index (χ0v) is 17.5. The van der Waals surface area contributed by atoms with Crippen LogP contribution in [0.15, 0.2) is 58.4 Å². The molecule has 0 aliphatic heterocycles. The van der Waals surface area contributed by atoms with E-state index < -0.39 is 17.3 Å². The molecule has 0 aliphatic carbocycles. The molecule has 2 N–H and O–H groups in total. The summed E-state index contributed by atoms with van der Waals surface area (Å²) in [6, 6.07) is 12.9. The normalized spacial score (nSPS) is 11.3. The second kappa shape index (κ2) is 10.5. The van der Waals surface area contributed by atoms with Gasteiger partial charge in [-0.25, -0.2) is 9.82 Å². The largest absolute Gasteiger partial charge is 0.506 e. The summed E-state index contributed by atoms with van der Waals surface area (Å²) >= 11 is 0. The van der Waals surface area contributed by atoms with Crippen LogP contribution in [0, 0.1) is 5.82 Å². The molecule has 3 rings (SSSR count). The Labute approximate surface area is 180 Å². The number of benzene rings is 2. The van der Waals surface area contributed by atoms with E-state index in [1.807, 2.05) is 0 Å². The number of para-hydroxylation sites is 1. The van der Waals surface area contributed by atoms with E-state index in [0.29, 0.717) is 17.4 Å². The summed E-state index contributed by atoms with van der Waals surface area (Å²) < 4.78 is 15.2. The first-order chi connectivity index (χ1) is 15.0. The molecular formula is C24H26FN3O3. The lowest BCUT2D eigenvalue weighted by Gasteiger charge is -2.14. The number of pyridine rings is 1. The number of aromatic hydroxyl groups is 1. The molecule has 31 heavy (non-hydrogen) atoms. The van der Waals surface area contributed by atoms with Gasteiger partial charge in [0.2, 0.25) is 0 Å². The number of nitrogens with zero attached hydrogens (tertiary/aromatic N) is 2. The zero-order chi connectivity index (χ0) is 22.2. The van der Waals surface area contributed by atoms with Crippen molar-refractivity contribution in [3.05, 3.63) is 75.8 Å². The molecule has 7 heteroatoms. The summed E-state index contributed by atoms with van der Waals surface area (Å²) in [6.45, 7) is 2.58. The predicted octanol–water partition coefficient (Wildman–Crippen LogP) is 4.58. The number of aryl methyl sites for hydroxylation is 1. The number of hydrogen-bond acceptors (Lipinski definition) is 4. The average molecular weight is 423 g/mol. The molecule has 0 atom stereocenters. The van der Waals surface area contributed by atoms with Gasteiger partial charge < -0.3 is 9.67 Å². The monoisotopic (exact) mass is 423 g/mol. The SMILES string of the molecule is CCCCCCCn1c(=O)c(C(=O)NN=Cc2ccccc2F)c(O)c2ccccc21. The lowest BCUT2D eigenvalue weighted by molar-refractivity contribution is 0.0950. The Bertz CT molecular complexity index is 1150. The smallest absolute Gasteiger partial charge is 0.280 e. The summed E-state index contributed by atoms with van der Waals surface area (Å²) in [6.07, 6.45) is 6.26. The van der Waals surface area contributed by atoms with Gasteiger partial charge in [-0.15, -0.1) is 0 Å². The van der Waals surface area contributed by atoms with Crippen molar-refractivity contribution in [2.75, 3.05) is 0 Å². The highest BCUT2D eigenvalue weighted by molar-refractivity contribution is 6.02.